The number of amides is 1. The second-order valence-corrected chi connectivity index (χ2v) is 7.56. The highest BCUT2D eigenvalue weighted by atomic mass is 16.6. The van der Waals surface area contributed by atoms with E-state index in [1.54, 1.807) is 41.5 Å². The first kappa shape index (κ1) is 21.4. The van der Waals surface area contributed by atoms with Gasteiger partial charge in [-0.2, -0.15) is 0 Å². The number of nitrogens with one attached hydrogen (secondary N) is 1. The highest BCUT2D eigenvalue weighted by Gasteiger charge is 2.28. The van der Waals surface area contributed by atoms with E-state index in [-0.39, 0.29) is 18.6 Å². The molecule has 0 fully saturated rings. The molecular formula is C17H31NO5. The molecule has 0 spiro atoms. The van der Waals surface area contributed by atoms with Crippen molar-refractivity contribution in [3.8, 4) is 0 Å². The first-order chi connectivity index (χ1) is 10.3. The molecule has 6 heteroatoms. The van der Waals surface area contributed by atoms with Gasteiger partial charge in [-0.3, -0.25) is 4.79 Å². The fourth-order valence-electron chi connectivity index (χ4n) is 1.78. The summed E-state index contributed by atoms with van der Waals surface area (Å²) in [6.45, 7) is 12.4. The normalized spacial score (nSPS) is 13.2. The molecule has 1 N–H and O–H groups in total. The van der Waals surface area contributed by atoms with Crippen LogP contribution in [0.1, 0.15) is 74.1 Å². The molecule has 1 unspecified atom stereocenters. The van der Waals surface area contributed by atoms with Gasteiger partial charge in [-0.1, -0.05) is 6.92 Å². The molecule has 0 aliphatic carbocycles. The summed E-state index contributed by atoms with van der Waals surface area (Å²) < 4.78 is 10.5. The standard InChI is InChI=1S/C17H31NO5/c1-8-9-12(19)10-11-13(14(20)22-16(2,3)4)18-15(21)23-17(5,6)7/h13H,8-11H2,1-7H3,(H,18,21). The summed E-state index contributed by atoms with van der Waals surface area (Å²) in [7, 11) is 0. The van der Waals surface area contributed by atoms with Crippen LogP contribution in [-0.2, 0) is 19.1 Å². The number of Topliss-reactive ketones (excluding diaryl/α,β-unsaturated/α-hetero) is 1. The summed E-state index contributed by atoms with van der Waals surface area (Å²) in [5.41, 5.74) is -1.33. The highest BCUT2D eigenvalue weighted by molar-refractivity contribution is 5.83. The first-order valence-corrected chi connectivity index (χ1v) is 8.08. The van der Waals surface area contributed by atoms with Gasteiger partial charge in [-0.25, -0.2) is 9.59 Å². The fraction of sp³-hybridized carbons (Fsp3) is 0.824. The lowest BCUT2D eigenvalue weighted by Gasteiger charge is -2.26. The van der Waals surface area contributed by atoms with E-state index in [2.05, 4.69) is 5.32 Å². The topological polar surface area (TPSA) is 81.7 Å². The molecular weight excluding hydrogens is 298 g/mol. The van der Waals surface area contributed by atoms with Gasteiger partial charge >= 0.3 is 12.1 Å². The first-order valence-electron chi connectivity index (χ1n) is 8.08. The SMILES string of the molecule is CCCC(=O)CCC(NC(=O)OC(C)(C)C)C(=O)OC(C)(C)C. The van der Waals surface area contributed by atoms with E-state index in [1.165, 1.54) is 0 Å². The van der Waals surface area contributed by atoms with Crippen LogP contribution in [-0.4, -0.2) is 35.1 Å². The lowest BCUT2D eigenvalue weighted by molar-refractivity contribution is -0.157. The zero-order valence-corrected chi connectivity index (χ0v) is 15.4. The summed E-state index contributed by atoms with van der Waals surface area (Å²) >= 11 is 0. The summed E-state index contributed by atoms with van der Waals surface area (Å²) in [5, 5.41) is 2.51. The lowest BCUT2D eigenvalue weighted by atomic mass is 10.1. The van der Waals surface area contributed by atoms with Crippen LogP contribution in [0.25, 0.3) is 0 Å². The van der Waals surface area contributed by atoms with Crippen molar-refractivity contribution in [2.45, 2.75) is 91.4 Å². The monoisotopic (exact) mass is 329 g/mol. The quantitative estimate of drug-likeness (QED) is 0.724. The molecule has 6 nitrogen and oxygen atoms in total. The molecule has 0 aromatic rings. The van der Waals surface area contributed by atoms with Crippen molar-refractivity contribution in [2.75, 3.05) is 0 Å². The number of esters is 1. The molecule has 0 aromatic heterocycles. The summed E-state index contributed by atoms with van der Waals surface area (Å²) in [6.07, 6.45) is 0.944. The molecule has 1 amide bonds. The van der Waals surface area contributed by atoms with Crippen molar-refractivity contribution in [1.29, 1.82) is 0 Å². The van der Waals surface area contributed by atoms with E-state index in [0.29, 0.717) is 6.42 Å². The van der Waals surface area contributed by atoms with Crippen molar-refractivity contribution in [3.63, 3.8) is 0 Å². The van der Waals surface area contributed by atoms with Gasteiger partial charge in [0.05, 0.1) is 0 Å². The van der Waals surface area contributed by atoms with E-state index in [9.17, 15) is 14.4 Å². The highest BCUT2D eigenvalue weighted by Crippen LogP contribution is 2.13. The van der Waals surface area contributed by atoms with Gasteiger partial charge < -0.3 is 14.8 Å². The van der Waals surface area contributed by atoms with Crippen LogP contribution in [0.4, 0.5) is 4.79 Å². The maximum absolute atomic E-state index is 12.2. The maximum Gasteiger partial charge on any atom is 0.408 e. The second-order valence-electron chi connectivity index (χ2n) is 7.56. The molecule has 0 aliphatic rings. The smallest absolute Gasteiger partial charge is 0.408 e. The largest absolute Gasteiger partial charge is 0.458 e. The molecule has 0 bridgehead atoms. The molecule has 0 saturated carbocycles. The Morgan fingerprint density at radius 2 is 1.43 bits per heavy atom. The molecule has 0 aromatic carbocycles. The van der Waals surface area contributed by atoms with Crippen LogP contribution in [0.3, 0.4) is 0 Å². The number of carbonyl (C=O) groups is 3. The van der Waals surface area contributed by atoms with E-state index in [4.69, 9.17) is 9.47 Å². The Hall–Kier alpha value is -1.59. The van der Waals surface area contributed by atoms with Crippen LogP contribution >= 0.6 is 0 Å². The average Bonchev–Trinajstić information content (AvgIpc) is 2.30. The molecule has 0 aliphatic heterocycles. The predicted octanol–water partition coefficient (Wildman–Crippen LogP) is 3.37. The molecule has 0 heterocycles. The molecule has 0 radical (unpaired) electrons. The Balaban J connectivity index is 4.82. The summed E-state index contributed by atoms with van der Waals surface area (Å²) in [4.78, 5) is 35.8. The second kappa shape index (κ2) is 8.89. The Morgan fingerprint density at radius 1 is 0.913 bits per heavy atom. The van der Waals surface area contributed by atoms with E-state index in [1.807, 2.05) is 6.92 Å². The van der Waals surface area contributed by atoms with Gasteiger partial charge in [-0.05, 0) is 54.4 Å². The van der Waals surface area contributed by atoms with Gasteiger partial charge in [0.15, 0.2) is 0 Å². The van der Waals surface area contributed by atoms with Crippen LogP contribution < -0.4 is 5.32 Å². The van der Waals surface area contributed by atoms with Gasteiger partial charge in [0.1, 0.15) is 23.0 Å². The van der Waals surface area contributed by atoms with Crippen LogP contribution in [0, 0.1) is 0 Å². The van der Waals surface area contributed by atoms with Crippen molar-refractivity contribution in [2.24, 2.45) is 0 Å². The Morgan fingerprint density at radius 3 is 1.87 bits per heavy atom. The minimum absolute atomic E-state index is 0.0621. The minimum atomic E-state index is -0.898. The molecule has 0 rings (SSSR count). The third-order valence-electron chi connectivity index (χ3n) is 2.62. The lowest BCUT2D eigenvalue weighted by Crippen LogP contribution is -2.46. The minimum Gasteiger partial charge on any atom is -0.458 e. The van der Waals surface area contributed by atoms with Crippen molar-refractivity contribution in [3.05, 3.63) is 0 Å². The van der Waals surface area contributed by atoms with Crippen molar-refractivity contribution >= 4 is 17.8 Å². The number of rotatable bonds is 7. The third-order valence-corrected chi connectivity index (χ3v) is 2.62. The summed E-state index contributed by atoms with van der Waals surface area (Å²) in [5.74, 6) is -0.500. The van der Waals surface area contributed by atoms with E-state index >= 15 is 0 Å². The van der Waals surface area contributed by atoms with Crippen LogP contribution in [0.15, 0.2) is 0 Å². The Kier molecular flexibility index (Phi) is 8.28. The zero-order valence-electron chi connectivity index (χ0n) is 15.4. The van der Waals surface area contributed by atoms with Crippen molar-refractivity contribution in [1.82, 2.24) is 5.32 Å². The average molecular weight is 329 g/mol. The van der Waals surface area contributed by atoms with Crippen LogP contribution in [0.2, 0.25) is 0 Å². The molecule has 23 heavy (non-hydrogen) atoms. The number of ketones is 1. The fourth-order valence-corrected chi connectivity index (χ4v) is 1.78. The predicted molar refractivity (Wildman–Crippen MR) is 88.2 cm³/mol. The maximum atomic E-state index is 12.2. The number of ether oxygens (including phenoxy) is 2. The van der Waals surface area contributed by atoms with Gasteiger partial charge in [0.25, 0.3) is 0 Å². The molecule has 0 saturated heterocycles. The van der Waals surface area contributed by atoms with Gasteiger partial charge in [0, 0.05) is 12.8 Å². The number of carbonyl (C=O) groups excluding carboxylic acids is 3. The third kappa shape index (κ3) is 11.6. The molecule has 134 valence electrons. The number of alkyl carbamates (subject to hydrolysis) is 1. The number of hydrogen-bond donors (Lipinski definition) is 1. The van der Waals surface area contributed by atoms with Crippen molar-refractivity contribution < 1.29 is 23.9 Å². The Labute approximate surface area is 139 Å². The van der Waals surface area contributed by atoms with Crippen LogP contribution in [0.5, 0.6) is 0 Å². The number of hydrogen-bond acceptors (Lipinski definition) is 5. The molecule has 1 atom stereocenters. The Bertz CT molecular complexity index is 418. The van der Waals surface area contributed by atoms with E-state index in [0.717, 1.165) is 6.42 Å². The zero-order chi connectivity index (χ0) is 18.3. The summed E-state index contributed by atoms with van der Waals surface area (Å²) in [6, 6.07) is -0.898. The van der Waals surface area contributed by atoms with E-state index < -0.39 is 29.3 Å². The van der Waals surface area contributed by atoms with Gasteiger partial charge in [0.2, 0.25) is 0 Å². The van der Waals surface area contributed by atoms with Gasteiger partial charge in [-0.15, -0.1) is 0 Å².